The molecule has 0 atom stereocenters. The molecule has 0 aliphatic heterocycles. The fourth-order valence-corrected chi connectivity index (χ4v) is 2.78. The highest BCUT2D eigenvalue weighted by Crippen LogP contribution is 2.22. The molecule has 2 aromatic carbocycles. The second-order valence-corrected chi connectivity index (χ2v) is 5.69. The Hall–Kier alpha value is -2.27. The first-order chi connectivity index (χ1) is 10.8. The lowest BCUT2D eigenvalue weighted by Gasteiger charge is -2.01. The third-order valence-electron chi connectivity index (χ3n) is 3.14. The molecule has 4 nitrogen and oxygen atoms in total. The third-order valence-corrected chi connectivity index (χ3v) is 4.03. The predicted octanol–water partition coefficient (Wildman–Crippen LogP) is 3.96. The molecule has 0 radical (unpaired) electrons. The highest BCUT2D eigenvalue weighted by atomic mass is 32.2. The summed E-state index contributed by atoms with van der Waals surface area (Å²) in [5, 5.41) is 8.78. The van der Waals surface area contributed by atoms with E-state index in [0.29, 0.717) is 17.5 Å². The van der Waals surface area contributed by atoms with Gasteiger partial charge < -0.3 is 9.15 Å². The number of ether oxygens (including phenoxy) is 1. The smallest absolute Gasteiger partial charge is 0.276 e. The van der Waals surface area contributed by atoms with E-state index in [2.05, 4.69) is 22.3 Å². The standard InChI is InChI=1S/C17H16N2O2S/c1-20-15-9-5-8-14(10-15)11-16-18-19-17(21-16)22-12-13-6-3-2-4-7-13/h2-10H,11-12H2,1H3. The van der Waals surface area contributed by atoms with Crippen molar-refractivity contribution in [1.29, 1.82) is 0 Å². The van der Waals surface area contributed by atoms with E-state index in [9.17, 15) is 0 Å². The molecule has 0 unspecified atom stereocenters. The maximum atomic E-state index is 5.68. The van der Waals surface area contributed by atoms with E-state index in [1.807, 2.05) is 42.5 Å². The minimum Gasteiger partial charge on any atom is -0.497 e. The molecule has 0 fully saturated rings. The first-order valence-corrected chi connectivity index (χ1v) is 7.94. The zero-order valence-electron chi connectivity index (χ0n) is 12.2. The molecule has 112 valence electrons. The fourth-order valence-electron chi connectivity index (χ4n) is 2.04. The molecule has 3 rings (SSSR count). The molecule has 0 aliphatic rings. The maximum Gasteiger partial charge on any atom is 0.276 e. The van der Waals surface area contributed by atoms with Crippen LogP contribution in [0.2, 0.25) is 0 Å². The van der Waals surface area contributed by atoms with Crippen LogP contribution in [0.1, 0.15) is 17.0 Å². The summed E-state index contributed by atoms with van der Waals surface area (Å²) in [7, 11) is 1.66. The molecule has 0 N–H and O–H groups in total. The average molecular weight is 312 g/mol. The molecular weight excluding hydrogens is 296 g/mol. The summed E-state index contributed by atoms with van der Waals surface area (Å²) >= 11 is 1.55. The Balaban J connectivity index is 1.61. The monoisotopic (exact) mass is 312 g/mol. The zero-order chi connectivity index (χ0) is 15.2. The number of hydrogen-bond donors (Lipinski definition) is 0. The molecule has 0 saturated carbocycles. The van der Waals surface area contributed by atoms with Crippen molar-refractivity contribution in [2.45, 2.75) is 17.4 Å². The molecule has 3 aromatic rings. The van der Waals surface area contributed by atoms with Crippen LogP contribution in [0.3, 0.4) is 0 Å². The second-order valence-electron chi connectivity index (χ2n) is 4.76. The van der Waals surface area contributed by atoms with E-state index < -0.39 is 0 Å². The van der Waals surface area contributed by atoms with Gasteiger partial charge in [0.05, 0.1) is 13.5 Å². The van der Waals surface area contributed by atoms with Crippen molar-refractivity contribution in [3.8, 4) is 5.75 Å². The van der Waals surface area contributed by atoms with Crippen LogP contribution < -0.4 is 4.74 Å². The first kappa shape index (κ1) is 14.7. The van der Waals surface area contributed by atoms with Crippen LogP contribution in [-0.2, 0) is 12.2 Å². The van der Waals surface area contributed by atoms with Gasteiger partial charge in [0.15, 0.2) is 0 Å². The number of nitrogens with zero attached hydrogens (tertiary/aromatic N) is 2. The normalized spacial score (nSPS) is 10.6. The van der Waals surface area contributed by atoms with Crippen LogP contribution >= 0.6 is 11.8 Å². The summed E-state index contributed by atoms with van der Waals surface area (Å²) in [5.74, 6) is 2.27. The van der Waals surface area contributed by atoms with E-state index in [0.717, 1.165) is 17.1 Å². The summed E-state index contributed by atoms with van der Waals surface area (Å²) in [6.45, 7) is 0. The van der Waals surface area contributed by atoms with Gasteiger partial charge in [0, 0.05) is 5.75 Å². The van der Waals surface area contributed by atoms with Crippen molar-refractivity contribution in [1.82, 2.24) is 10.2 Å². The summed E-state index contributed by atoms with van der Waals surface area (Å²) in [6, 6.07) is 18.1. The first-order valence-electron chi connectivity index (χ1n) is 6.95. The number of benzene rings is 2. The van der Waals surface area contributed by atoms with Crippen LogP contribution in [0.5, 0.6) is 5.75 Å². The summed E-state index contributed by atoms with van der Waals surface area (Å²) in [4.78, 5) is 0. The van der Waals surface area contributed by atoms with Gasteiger partial charge in [0.1, 0.15) is 5.75 Å². The van der Waals surface area contributed by atoms with Gasteiger partial charge in [-0.05, 0) is 23.3 Å². The number of methoxy groups -OCH3 is 1. The van der Waals surface area contributed by atoms with Gasteiger partial charge in [-0.3, -0.25) is 0 Å². The van der Waals surface area contributed by atoms with Crippen molar-refractivity contribution in [3.63, 3.8) is 0 Å². The molecule has 0 amide bonds. The zero-order valence-corrected chi connectivity index (χ0v) is 13.0. The van der Waals surface area contributed by atoms with E-state index in [4.69, 9.17) is 9.15 Å². The summed E-state index contributed by atoms with van der Waals surface area (Å²) in [6.07, 6.45) is 0.607. The maximum absolute atomic E-state index is 5.68. The molecular formula is C17H16N2O2S. The SMILES string of the molecule is COc1cccc(Cc2nnc(SCc3ccccc3)o2)c1. The number of rotatable bonds is 6. The Bertz CT molecular complexity index is 728. The largest absolute Gasteiger partial charge is 0.497 e. The Morgan fingerprint density at radius 2 is 1.82 bits per heavy atom. The Kier molecular flexibility index (Phi) is 4.75. The quantitative estimate of drug-likeness (QED) is 0.645. The van der Waals surface area contributed by atoms with Gasteiger partial charge >= 0.3 is 0 Å². The Labute approximate surface area is 133 Å². The molecule has 22 heavy (non-hydrogen) atoms. The molecule has 0 saturated heterocycles. The van der Waals surface area contributed by atoms with Crippen molar-refractivity contribution >= 4 is 11.8 Å². The second kappa shape index (κ2) is 7.13. The van der Waals surface area contributed by atoms with Gasteiger partial charge in [-0.2, -0.15) is 0 Å². The predicted molar refractivity (Wildman–Crippen MR) is 86.1 cm³/mol. The summed E-state index contributed by atoms with van der Waals surface area (Å²) in [5.41, 5.74) is 2.32. The third kappa shape index (κ3) is 3.89. The van der Waals surface area contributed by atoms with Gasteiger partial charge in [0.25, 0.3) is 5.22 Å². The van der Waals surface area contributed by atoms with Gasteiger partial charge in [0.2, 0.25) is 5.89 Å². The highest BCUT2D eigenvalue weighted by Gasteiger charge is 2.08. The number of thioether (sulfide) groups is 1. The fraction of sp³-hybridized carbons (Fsp3) is 0.176. The van der Waals surface area contributed by atoms with Crippen molar-refractivity contribution in [3.05, 3.63) is 71.6 Å². The Morgan fingerprint density at radius 1 is 1.00 bits per heavy atom. The minimum atomic E-state index is 0.599. The van der Waals surface area contributed by atoms with Crippen LogP contribution in [0.15, 0.2) is 64.2 Å². The van der Waals surface area contributed by atoms with Gasteiger partial charge in [-0.25, -0.2) is 0 Å². The van der Waals surface area contributed by atoms with Crippen molar-refractivity contribution in [2.24, 2.45) is 0 Å². The topological polar surface area (TPSA) is 48.2 Å². The number of aromatic nitrogens is 2. The van der Waals surface area contributed by atoms with Crippen molar-refractivity contribution in [2.75, 3.05) is 7.11 Å². The van der Waals surface area contributed by atoms with Gasteiger partial charge in [-0.15, -0.1) is 10.2 Å². The molecule has 0 aliphatic carbocycles. The van der Waals surface area contributed by atoms with E-state index in [-0.39, 0.29) is 0 Å². The molecule has 0 spiro atoms. The number of hydrogen-bond acceptors (Lipinski definition) is 5. The molecule has 0 bridgehead atoms. The van der Waals surface area contributed by atoms with E-state index in [1.54, 1.807) is 18.9 Å². The van der Waals surface area contributed by atoms with Crippen LogP contribution in [-0.4, -0.2) is 17.3 Å². The molecule has 1 heterocycles. The lowest BCUT2D eigenvalue weighted by Crippen LogP contribution is -1.90. The molecule has 5 heteroatoms. The van der Waals surface area contributed by atoms with E-state index >= 15 is 0 Å². The average Bonchev–Trinajstić information content (AvgIpc) is 3.01. The van der Waals surface area contributed by atoms with Crippen molar-refractivity contribution < 1.29 is 9.15 Å². The minimum absolute atomic E-state index is 0.599. The lowest BCUT2D eigenvalue weighted by molar-refractivity contribution is 0.412. The Morgan fingerprint density at radius 3 is 2.64 bits per heavy atom. The lowest BCUT2D eigenvalue weighted by atomic mass is 10.1. The van der Waals surface area contributed by atoms with Crippen LogP contribution in [0.4, 0.5) is 0 Å². The van der Waals surface area contributed by atoms with Gasteiger partial charge in [-0.1, -0.05) is 54.2 Å². The highest BCUT2D eigenvalue weighted by molar-refractivity contribution is 7.98. The van der Waals surface area contributed by atoms with Crippen LogP contribution in [0.25, 0.3) is 0 Å². The van der Waals surface area contributed by atoms with Crippen LogP contribution in [0, 0.1) is 0 Å². The molecule has 1 aromatic heterocycles. The summed E-state index contributed by atoms with van der Waals surface area (Å²) < 4.78 is 10.9. The van der Waals surface area contributed by atoms with E-state index in [1.165, 1.54) is 5.56 Å².